The van der Waals surface area contributed by atoms with Gasteiger partial charge < -0.3 is 0 Å². The molecule has 0 saturated heterocycles. The molecular weight excluding hydrogens is 292 g/mol. The molecular formula is C11H16O6S2. The van der Waals surface area contributed by atoms with Gasteiger partial charge in [-0.1, -0.05) is 19.8 Å². The maximum atomic E-state index is 11.2. The topological polar surface area (TPSA) is 109 Å². The van der Waals surface area contributed by atoms with Crippen molar-refractivity contribution in [1.82, 2.24) is 0 Å². The molecule has 0 spiro atoms. The molecule has 1 aromatic rings. The van der Waals surface area contributed by atoms with Crippen LogP contribution >= 0.6 is 0 Å². The molecule has 0 atom stereocenters. The van der Waals surface area contributed by atoms with Crippen LogP contribution in [-0.2, 0) is 26.7 Å². The minimum Gasteiger partial charge on any atom is -0.282 e. The zero-order valence-electron chi connectivity index (χ0n) is 10.4. The van der Waals surface area contributed by atoms with E-state index in [0.29, 0.717) is 12.8 Å². The van der Waals surface area contributed by atoms with Crippen LogP contribution in [-0.4, -0.2) is 25.9 Å². The van der Waals surface area contributed by atoms with Gasteiger partial charge in [-0.25, -0.2) is 0 Å². The van der Waals surface area contributed by atoms with Crippen LogP contribution in [0.1, 0.15) is 31.7 Å². The van der Waals surface area contributed by atoms with Crippen molar-refractivity contribution in [2.75, 3.05) is 0 Å². The number of unbranched alkanes of at least 4 members (excludes halogenated alkanes) is 2. The molecule has 0 amide bonds. The van der Waals surface area contributed by atoms with Crippen molar-refractivity contribution in [1.29, 1.82) is 0 Å². The Morgan fingerprint density at radius 2 is 1.63 bits per heavy atom. The van der Waals surface area contributed by atoms with Crippen molar-refractivity contribution in [3.63, 3.8) is 0 Å². The maximum Gasteiger partial charge on any atom is 0.294 e. The molecule has 108 valence electrons. The first-order valence-electron chi connectivity index (χ1n) is 5.74. The Labute approximate surface area is 113 Å². The molecule has 19 heavy (non-hydrogen) atoms. The third kappa shape index (κ3) is 4.57. The van der Waals surface area contributed by atoms with E-state index in [1.807, 2.05) is 6.92 Å². The normalized spacial score (nSPS) is 12.6. The van der Waals surface area contributed by atoms with Crippen LogP contribution in [0.15, 0.2) is 28.0 Å². The van der Waals surface area contributed by atoms with Gasteiger partial charge in [0.15, 0.2) is 0 Å². The molecule has 0 aliphatic carbocycles. The van der Waals surface area contributed by atoms with Gasteiger partial charge >= 0.3 is 0 Å². The largest absolute Gasteiger partial charge is 0.294 e. The van der Waals surface area contributed by atoms with Crippen molar-refractivity contribution in [2.45, 2.75) is 42.4 Å². The summed E-state index contributed by atoms with van der Waals surface area (Å²) in [5, 5.41) is 0. The molecule has 0 radical (unpaired) electrons. The van der Waals surface area contributed by atoms with E-state index < -0.39 is 20.2 Å². The van der Waals surface area contributed by atoms with Crippen LogP contribution in [0.25, 0.3) is 0 Å². The smallest absolute Gasteiger partial charge is 0.282 e. The lowest BCUT2D eigenvalue weighted by molar-refractivity contribution is 0.477. The Morgan fingerprint density at radius 3 is 2.11 bits per heavy atom. The van der Waals surface area contributed by atoms with Crippen LogP contribution < -0.4 is 0 Å². The predicted octanol–water partition coefficient (Wildman–Crippen LogP) is 1.91. The molecule has 0 unspecified atom stereocenters. The number of hydrogen-bond donors (Lipinski definition) is 2. The summed E-state index contributed by atoms with van der Waals surface area (Å²) in [5.74, 6) is 0. The summed E-state index contributed by atoms with van der Waals surface area (Å²) in [4.78, 5) is -0.706. The first-order valence-corrected chi connectivity index (χ1v) is 8.62. The Hall–Kier alpha value is -0.960. The van der Waals surface area contributed by atoms with E-state index >= 15 is 0 Å². The second-order valence-electron chi connectivity index (χ2n) is 4.18. The molecule has 8 heteroatoms. The number of rotatable bonds is 6. The molecule has 0 aliphatic rings. The fourth-order valence-electron chi connectivity index (χ4n) is 1.73. The highest BCUT2D eigenvalue weighted by Crippen LogP contribution is 2.22. The molecule has 1 aromatic carbocycles. The van der Waals surface area contributed by atoms with E-state index in [0.717, 1.165) is 31.0 Å². The van der Waals surface area contributed by atoms with Crippen molar-refractivity contribution in [2.24, 2.45) is 0 Å². The van der Waals surface area contributed by atoms with E-state index in [4.69, 9.17) is 9.11 Å². The number of hydrogen-bond acceptors (Lipinski definition) is 4. The second-order valence-corrected chi connectivity index (χ2v) is 6.99. The molecule has 0 fully saturated rings. The lowest BCUT2D eigenvalue weighted by Gasteiger charge is -2.08. The average Bonchev–Trinajstić information content (AvgIpc) is 2.26. The molecule has 0 heterocycles. The lowest BCUT2D eigenvalue weighted by Crippen LogP contribution is -2.06. The second kappa shape index (κ2) is 6.00. The zero-order chi connectivity index (χ0) is 14.7. The highest BCUT2D eigenvalue weighted by molar-refractivity contribution is 7.86. The molecule has 1 rings (SSSR count). The van der Waals surface area contributed by atoms with Crippen molar-refractivity contribution in [3.8, 4) is 0 Å². The van der Waals surface area contributed by atoms with Gasteiger partial charge in [0.25, 0.3) is 20.2 Å². The molecule has 2 N–H and O–H groups in total. The Kier molecular flexibility index (Phi) is 5.08. The van der Waals surface area contributed by atoms with Crippen molar-refractivity contribution >= 4 is 20.2 Å². The average molecular weight is 308 g/mol. The number of benzene rings is 1. The Bertz CT molecular complexity index is 646. The van der Waals surface area contributed by atoms with Crippen molar-refractivity contribution in [3.05, 3.63) is 23.8 Å². The van der Waals surface area contributed by atoms with E-state index in [1.54, 1.807) is 0 Å². The first-order chi connectivity index (χ1) is 8.66. The maximum absolute atomic E-state index is 11.2. The molecule has 0 aliphatic heterocycles. The van der Waals surface area contributed by atoms with Crippen LogP contribution in [0.3, 0.4) is 0 Å². The van der Waals surface area contributed by atoms with Crippen LogP contribution in [0.5, 0.6) is 0 Å². The highest BCUT2D eigenvalue weighted by atomic mass is 32.2. The van der Waals surface area contributed by atoms with Gasteiger partial charge in [0.05, 0.1) is 9.79 Å². The Morgan fingerprint density at radius 1 is 1.00 bits per heavy atom. The summed E-state index contributed by atoms with van der Waals surface area (Å²) in [6, 6.07) is 3.01. The van der Waals surface area contributed by atoms with Crippen LogP contribution in [0.2, 0.25) is 0 Å². The van der Waals surface area contributed by atoms with E-state index in [1.165, 1.54) is 0 Å². The molecule has 0 aromatic heterocycles. The minimum atomic E-state index is -4.41. The van der Waals surface area contributed by atoms with Crippen molar-refractivity contribution < 1.29 is 25.9 Å². The van der Waals surface area contributed by atoms with Gasteiger partial charge in [0, 0.05) is 0 Å². The monoisotopic (exact) mass is 308 g/mol. The summed E-state index contributed by atoms with van der Waals surface area (Å²) in [5.41, 5.74) is 0.186. The van der Waals surface area contributed by atoms with E-state index in [9.17, 15) is 16.8 Å². The lowest BCUT2D eigenvalue weighted by atomic mass is 10.1. The van der Waals surface area contributed by atoms with Gasteiger partial charge in [-0.15, -0.1) is 0 Å². The van der Waals surface area contributed by atoms with Crippen LogP contribution in [0.4, 0.5) is 0 Å². The predicted molar refractivity (Wildman–Crippen MR) is 69.3 cm³/mol. The quantitative estimate of drug-likeness (QED) is 0.614. The standard InChI is InChI=1S/C11H16O6S2/c1-2-3-4-5-9-8-10(18(12,13)14)6-7-11(9)19(15,16)17/h6-8H,2-5H2,1H3,(H,12,13,14)(H,15,16,17). The fourth-order valence-corrected chi connectivity index (χ4v) is 2.99. The van der Waals surface area contributed by atoms with Gasteiger partial charge in [-0.2, -0.15) is 16.8 Å². The first kappa shape index (κ1) is 16.1. The minimum absolute atomic E-state index is 0.186. The zero-order valence-corrected chi connectivity index (χ0v) is 12.0. The fraction of sp³-hybridized carbons (Fsp3) is 0.455. The summed E-state index contributed by atoms with van der Waals surface area (Å²) < 4.78 is 62.4. The van der Waals surface area contributed by atoms with E-state index in [-0.39, 0.29) is 15.4 Å². The summed E-state index contributed by atoms with van der Waals surface area (Å²) in [6.07, 6.45) is 2.74. The summed E-state index contributed by atoms with van der Waals surface area (Å²) in [7, 11) is -8.80. The Balaban J connectivity index is 3.27. The number of aryl methyl sites for hydroxylation is 1. The van der Waals surface area contributed by atoms with Gasteiger partial charge in [0.1, 0.15) is 0 Å². The summed E-state index contributed by atoms with van der Waals surface area (Å²) >= 11 is 0. The molecule has 0 bridgehead atoms. The van der Waals surface area contributed by atoms with Gasteiger partial charge in [-0.05, 0) is 36.6 Å². The third-order valence-electron chi connectivity index (χ3n) is 2.66. The van der Waals surface area contributed by atoms with Gasteiger partial charge in [0.2, 0.25) is 0 Å². The van der Waals surface area contributed by atoms with E-state index in [2.05, 4.69) is 0 Å². The third-order valence-corrected chi connectivity index (χ3v) is 4.46. The highest BCUT2D eigenvalue weighted by Gasteiger charge is 2.19. The molecule has 0 saturated carbocycles. The summed E-state index contributed by atoms with van der Waals surface area (Å²) in [6.45, 7) is 1.97. The van der Waals surface area contributed by atoms with Gasteiger partial charge in [-0.3, -0.25) is 9.11 Å². The molecule has 6 nitrogen and oxygen atoms in total. The van der Waals surface area contributed by atoms with Crippen LogP contribution in [0, 0.1) is 0 Å². The SMILES string of the molecule is CCCCCc1cc(S(=O)(=O)O)ccc1S(=O)(=O)O.